The van der Waals surface area contributed by atoms with Crippen molar-refractivity contribution in [2.24, 2.45) is 0 Å². The van der Waals surface area contributed by atoms with E-state index in [1.54, 1.807) is 33.8 Å². The number of ether oxygens (including phenoxy) is 2. The molecular formula is C14H16BrNO4S. The molecule has 0 spiro atoms. The molecule has 21 heavy (non-hydrogen) atoms. The number of halogens is 1. The number of fused-ring (bicyclic) bond motifs is 1. The maximum absolute atomic E-state index is 12.4. The van der Waals surface area contributed by atoms with E-state index in [0.717, 1.165) is 9.17 Å². The minimum absolute atomic E-state index is 0.180. The zero-order valence-corrected chi connectivity index (χ0v) is 14.6. The number of carbonyl (C=O) groups excluding carboxylic acids is 2. The Balaban J connectivity index is 2.53. The molecule has 0 saturated heterocycles. The second kappa shape index (κ2) is 5.81. The van der Waals surface area contributed by atoms with Gasteiger partial charge in [-0.1, -0.05) is 0 Å². The number of hydrogen-bond acceptors (Lipinski definition) is 5. The lowest BCUT2D eigenvalue weighted by Gasteiger charge is -2.20. The number of rotatable bonds is 2. The summed E-state index contributed by atoms with van der Waals surface area (Å²) in [4.78, 5) is 25.1. The third-order valence-electron chi connectivity index (χ3n) is 2.51. The number of esters is 1. The van der Waals surface area contributed by atoms with Gasteiger partial charge >= 0.3 is 12.1 Å². The summed E-state index contributed by atoms with van der Waals surface area (Å²) in [6, 6.07) is 3.49. The zero-order chi connectivity index (χ0) is 15.8. The van der Waals surface area contributed by atoms with Gasteiger partial charge in [0.1, 0.15) is 16.1 Å². The normalized spacial score (nSPS) is 11.7. The lowest BCUT2D eigenvalue weighted by atomic mass is 10.2. The van der Waals surface area contributed by atoms with E-state index in [0.29, 0.717) is 4.83 Å². The zero-order valence-electron chi connectivity index (χ0n) is 12.2. The predicted octanol–water partition coefficient (Wildman–Crippen LogP) is 4.43. The van der Waals surface area contributed by atoms with Gasteiger partial charge in [0.2, 0.25) is 0 Å². The Morgan fingerprint density at radius 1 is 1.33 bits per heavy atom. The van der Waals surface area contributed by atoms with E-state index in [1.807, 2.05) is 6.07 Å². The van der Waals surface area contributed by atoms with Crippen LogP contribution >= 0.6 is 27.3 Å². The standard InChI is InChI=1S/C14H16BrNO4S/c1-5-19-12(17)9-6-8-7-10(15)21-11(8)16(9)13(18)20-14(2,3)4/h6-7H,5H2,1-4H3. The van der Waals surface area contributed by atoms with E-state index in [-0.39, 0.29) is 12.3 Å². The summed E-state index contributed by atoms with van der Waals surface area (Å²) < 4.78 is 12.5. The van der Waals surface area contributed by atoms with Crippen LogP contribution in [-0.4, -0.2) is 28.8 Å². The lowest BCUT2D eigenvalue weighted by molar-refractivity contribution is 0.0454. The van der Waals surface area contributed by atoms with E-state index in [4.69, 9.17) is 9.47 Å². The summed E-state index contributed by atoms with van der Waals surface area (Å²) in [7, 11) is 0. The minimum Gasteiger partial charge on any atom is -0.461 e. The molecule has 0 N–H and O–H groups in total. The summed E-state index contributed by atoms with van der Waals surface area (Å²) in [5, 5.41) is 0.792. The highest BCUT2D eigenvalue weighted by atomic mass is 79.9. The van der Waals surface area contributed by atoms with E-state index in [1.165, 1.54) is 15.9 Å². The molecule has 0 radical (unpaired) electrons. The third kappa shape index (κ3) is 3.47. The molecule has 5 nitrogen and oxygen atoms in total. The monoisotopic (exact) mass is 373 g/mol. The van der Waals surface area contributed by atoms with Crippen molar-refractivity contribution in [3.63, 3.8) is 0 Å². The van der Waals surface area contributed by atoms with Crippen molar-refractivity contribution in [3.8, 4) is 0 Å². The van der Waals surface area contributed by atoms with Crippen LogP contribution in [-0.2, 0) is 9.47 Å². The van der Waals surface area contributed by atoms with Gasteiger partial charge in [0.25, 0.3) is 0 Å². The highest BCUT2D eigenvalue weighted by molar-refractivity contribution is 9.11. The van der Waals surface area contributed by atoms with Crippen LogP contribution in [0.4, 0.5) is 4.79 Å². The van der Waals surface area contributed by atoms with Crippen LogP contribution in [0.3, 0.4) is 0 Å². The molecule has 7 heteroatoms. The molecule has 0 saturated carbocycles. The van der Waals surface area contributed by atoms with Crippen molar-refractivity contribution >= 4 is 49.5 Å². The summed E-state index contributed by atoms with van der Waals surface area (Å²) in [6.07, 6.45) is -0.588. The van der Waals surface area contributed by atoms with Crippen LogP contribution in [0.15, 0.2) is 15.9 Å². The number of aromatic nitrogens is 1. The Morgan fingerprint density at radius 3 is 2.57 bits per heavy atom. The molecule has 0 aliphatic heterocycles. The van der Waals surface area contributed by atoms with Crippen LogP contribution < -0.4 is 0 Å². The molecule has 0 atom stereocenters. The minimum atomic E-state index is -0.645. The van der Waals surface area contributed by atoms with E-state index < -0.39 is 17.7 Å². The average molecular weight is 374 g/mol. The molecule has 0 aliphatic carbocycles. The Kier molecular flexibility index (Phi) is 4.43. The third-order valence-corrected chi connectivity index (χ3v) is 4.15. The van der Waals surface area contributed by atoms with Gasteiger partial charge in [-0.15, -0.1) is 11.3 Å². The summed E-state index contributed by atoms with van der Waals surface area (Å²) >= 11 is 4.74. The topological polar surface area (TPSA) is 57.5 Å². The van der Waals surface area contributed by atoms with Gasteiger partial charge in [0.05, 0.1) is 10.4 Å². The molecule has 2 aromatic heterocycles. The predicted molar refractivity (Wildman–Crippen MR) is 85.1 cm³/mol. The van der Waals surface area contributed by atoms with Crippen LogP contribution in [0.1, 0.15) is 38.2 Å². The van der Waals surface area contributed by atoms with Crippen LogP contribution in [0.5, 0.6) is 0 Å². The lowest BCUT2D eigenvalue weighted by Crippen LogP contribution is -2.29. The fourth-order valence-corrected chi connectivity index (χ4v) is 3.39. The largest absolute Gasteiger partial charge is 0.461 e. The van der Waals surface area contributed by atoms with Gasteiger partial charge in [-0.2, -0.15) is 0 Å². The SMILES string of the molecule is CCOC(=O)c1cc2cc(Br)sc2n1C(=O)OC(C)(C)C. The van der Waals surface area contributed by atoms with Crippen molar-refractivity contribution in [2.45, 2.75) is 33.3 Å². The van der Waals surface area contributed by atoms with Gasteiger partial charge < -0.3 is 9.47 Å². The van der Waals surface area contributed by atoms with Crippen LogP contribution in [0.2, 0.25) is 0 Å². The molecule has 2 heterocycles. The Labute approximate surface area is 135 Å². The molecule has 2 rings (SSSR count). The Bertz CT molecular complexity index is 696. The average Bonchev–Trinajstić information content (AvgIpc) is 2.82. The second-order valence-electron chi connectivity index (χ2n) is 5.38. The molecule has 0 aromatic carbocycles. The fraction of sp³-hybridized carbons (Fsp3) is 0.429. The van der Waals surface area contributed by atoms with E-state index in [2.05, 4.69) is 15.9 Å². The first-order valence-corrected chi connectivity index (χ1v) is 8.05. The molecule has 0 amide bonds. The quantitative estimate of drug-likeness (QED) is 0.730. The first kappa shape index (κ1) is 16.0. The van der Waals surface area contributed by atoms with Gasteiger partial charge in [0.15, 0.2) is 0 Å². The van der Waals surface area contributed by atoms with Crippen molar-refractivity contribution in [1.82, 2.24) is 4.57 Å². The van der Waals surface area contributed by atoms with E-state index >= 15 is 0 Å². The van der Waals surface area contributed by atoms with Crippen molar-refractivity contribution in [1.29, 1.82) is 0 Å². The van der Waals surface area contributed by atoms with Gasteiger partial charge in [-0.25, -0.2) is 14.2 Å². The molecule has 0 unspecified atom stereocenters. The molecule has 0 bridgehead atoms. The summed E-state index contributed by atoms with van der Waals surface area (Å²) in [5.74, 6) is -0.539. The Morgan fingerprint density at radius 2 is 2.00 bits per heavy atom. The van der Waals surface area contributed by atoms with Gasteiger partial charge in [0, 0.05) is 5.39 Å². The molecule has 0 fully saturated rings. The van der Waals surface area contributed by atoms with Gasteiger partial charge in [-0.05, 0) is 55.8 Å². The molecular weight excluding hydrogens is 358 g/mol. The maximum atomic E-state index is 12.4. The van der Waals surface area contributed by atoms with Crippen molar-refractivity contribution in [2.75, 3.05) is 6.61 Å². The van der Waals surface area contributed by atoms with Gasteiger partial charge in [-0.3, -0.25) is 0 Å². The number of nitrogens with zero attached hydrogens (tertiary/aromatic N) is 1. The smallest absolute Gasteiger partial charge is 0.420 e. The second-order valence-corrected chi connectivity index (χ2v) is 7.79. The van der Waals surface area contributed by atoms with E-state index in [9.17, 15) is 9.59 Å². The highest BCUT2D eigenvalue weighted by Crippen LogP contribution is 2.33. The van der Waals surface area contributed by atoms with Crippen molar-refractivity contribution in [3.05, 3.63) is 21.6 Å². The fourth-order valence-electron chi connectivity index (χ4n) is 1.81. The number of carbonyl (C=O) groups is 2. The first-order valence-electron chi connectivity index (χ1n) is 6.44. The molecule has 2 aromatic rings. The van der Waals surface area contributed by atoms with Crippen LogP contribution in [0.25, 0.3) is 10.2 Å². The summed E-state index contributed by atoms with van der Waals surface area (Å²) in [6.45, 7) is 7.30. The Hall–Kier alpha value is -1.34. The molecule has 0 aliphatic rings. The first-order chi connectivity index (χ1) is 9.73. The van der Waals surface area contributed by atoms with Crippen LogP contribution in [0, 0.1) is 0 Å². The highest BCUT2D eigenvalue weighted by Gasteiger charge is 2.26. The molecule has 114 valence electrons. The number of thiophene rings is 1. The number of hydrogen-bond donors (Lipinski definition) is 0. The summed E-state index contributed by atoms with van der Waals surface area (Å²) in [5.41, 5.74) is -0.464. The maximum Gasteiger partial charge on any atom is 0.420 e. The van der Waals surface area contributed by atoms with Crippen molar-refractivity contribution < 1.29 is 19.1 Å².